The molecule has 0 radical (unpaired) electrons. The maximum atomic E-state index is 12.3. The van der Waals surface area contributed by atoms with Gasteiger partial charge in [-0.25, -0.2) is 4.79 Å². The predicted molar refractivity (Wildman–Crippen MR) is 128 cm³/mol. The molecule has 0 aliphatic rings. The minimum Gasteiger partial charge on any atom is -0.497 e. The van der Waals surface area contributed by atoms with Gasteiger partial charge in [0.25, 0.3) is 0 Å². The maximum Gasteiger partial charge on any atom is 0.407 e. The number of methoxy groups -OCH3 is 1. The van der Waals surface area contributed by atoms with Gasteiger partial charge >= 0.3 is 6.09 Å². The lowest BCUT2D eigenvalue weighted by Crippen LogP contribution is -2.24. The molecule has 0 atom stereocenters. The molecule has 6 heteroatoms. The summed E-state index contributed by atoms with van der Waals surface area (Å²) in [5.74, 6) is 6.68. The molecule has 0 saturated heterocycles. The zero-order valence-corrected chi connectivity index (χ0v) is 18.5. The van der Waals surface area contributed by atoms with Gasteiger partial charge in [0.15, 0.2) is 0 Å². The average Bonchev–Trinajstić information content (AvgIpc) is 2.86. The van der Waals surface area contributed by atoms with Crippen molar-refractivity contribution in [3.05, 3.63) is 95.6 Å². The third-order valence-electron chi connectivity index (χ3n) is 4.73. The quantitative estimate of drug-likeness (QED) is 0.487. The first-order valence-electron chi connectivity index (χ1n) is 10.6. The second kappa shape index (κ2) is 12.6. The number of rotatable bonds is 8. The Morgan fingerprint density at radius 3 is 2.39 bits per heavy atom. The van der Waals surface area contributed by atoms with Crippen molar-refractivity contribution in [3.8, 4) is 17.6 Å². The molecule has 2 amide bonds. The molecule has 0 aliphatic heterocycles. The summed E-state index contributed by atoms with van der Waals surface area (Å²) in [4.78, 5) is 24.4. The summed E-state index contributed by atoms with van der Waals surface area (Å²) >= 11 is 0. The van der Waals surface area contributed by atoms with Crippen molar-refractivity contribution in [2.75, 3.05) is 12.4 Å². The Bertz CT molecular complexity index is 1120. The number of carbonyl (C=O) groups excluding carboxylic acids is 2. The molecule has 0 aliphatic carbocycles. The van der Waals surface area contributed by atoms with E-state index in [1.807, 2.05) is 72.8 Å². The lowest BCUT2D eigenvalue weighted by atomic mass is 10.1. The van der Waals surface area contributed by atoms with E-state index in [-0.39, 0.29) is 25.5 Å². The molecule has 3 rings (SSSR count). The molecule has 3 aromatic rings. The number of benzene rings is 3. The topological polar surface area (TPSA) is 76.7 Å². The number of amides is 2. The molecule has 0 spiro atoms. The van der Waals surface area contributed by atoms with Crippen molar-refractivity contribution in [1.82, 2.24) is 5.32 Å². The zero-order valence-electron chi connectivity index (χ0n) is 18.5. The van der Waals surface area contributed by atoms with Crippen LogP contribution in [0.4, 0.5) is 10.5 Å². The van der Waals surface area contributed by atoms with E-state index < -0.39 is 6.09 Å². The van der Waals surface area contributed by atoms with Gasteiger partial charge in [-0.15, -0.1) is 0 Å². The summed E-state index contributed by atoms with van der Waals surface area (Å²) < 4.78 is 10.3. The number of hydrogen-bond acceptors (Lipinski definition) is 4. The van der Waals surface area contributed by atoms with Crippen LogP contribution < -0.4 is 15.4 Å². The highest BCUT2D eigenvalue weighted by molar-refractivity contribution is 5.91. The maximum absolute atomic E-state index is 12.3. The molecule has 0 heterocycles. The Morgan fingerprint density at radius 1 is 0.909 bits per heavy atom. The Labute approximate surface area is 193 Å². The van der Waals surface area contributed by atoms with Gasteiger partial charge in [0.05, 0.1) is 7.11 Å². The van der Waals surface area contributed by atoms with Gasteiger partial charge in [-0.1, -0.05) is 60.4 Å². The standard InChI is InChI=1S/C27H26N2O4/c1-32-24-17-15-21(16-18-24)9-5-8-14-26(30)29-25-13-7-6-12-23(25)19-28-27(31)33-20-22-10-3-2-4-11-22/h2-4,6-7,10-13,15-18H,8,14,19-20H2,1H3,(H,28,31)(H,29,30). The molecule has 6 nitrogen and oxygen atoms in total. The van der Waals surface area contributed by atoms with Gasteiger partial charge < -0.3 is 20.1 Å². The summed E-state index contributed by atoms with van der Waals surface area (Å²) in [5.41, 5.74) is 3.21. The first-order valence-corrected chi connectivity index (χ1v) is 10.6. The molecule has 3 aromatic carbocycles. The van der Waals surface area contributed by atoms with Gasteiger partial charge in [0.1, 0.15) is 12.4 Å². The second-order valence-corrected chi connectivity index (χ2v) is 7.15. The molecule has 0 bridgehead atoms. The number of ether oxygens (including phenoxy) is 2. The fourth-order valence-corrected chi connectivity index (χ4v) is 2.97. The molecular weight excluding hydrogens is 416 g/mol. The van der Waals surface area contributed by atoms with Crippen molar-refractivity contribution in [3.63, 3.8) is 0 Å². The van der Waals surface area contributed by atoms with Crippen molar-refractivity contribution in [2.24, 2.45) is 0 Å². The van der Waals surface area contributed by atoms with Crippen LogP contribution in [0.3, 0.4) is 0 Å². The molecule has 0 fully saturated rings. The predicted octanol–water partition coefficient (Wildman–Crippen LogP) is 4.89. The highest BCUT2D eigenvalue weighted by atomic mass is 16.5. The minimum atomic E-state index is -0.520. The number of carbonyl (C=O) groups is 2. The Kier molecular flexibility index (Phi) is 8.93. The van der Waals surface area contributed by atoms with Crippen LogP contribution in [-0.4, -0.2) is 19.1 Å². The number of anilines is 1. The SMILES string of the molecule is COc1ccc(C#CCCC(=O)Nc2ccccc2CNC(=O)OCc2ccccc2)cc1. The first-order chi connectivity index (χ1) is 16.1. The molecule has 168 valence electrons. The fourth-order valence-electron chi connectivity index (χ4n) is 2.97. The lowest BCUT2D eigenvalue weighted by Gasteiger charge is -2.12. The smallest absolute Gasteiger partial charge is 0.407 e. The third-order valence-corrected chi connectivity index (χ3v) is 4.73. The summed E-state index contributed by atoms with van der Waals surface area (Å²) in [6, 6.07) is 24.2. The van der Waals surface area contributed by atoms with Gasteiger partial charge in [-0.3, -0.25) is 4.79 Å². The number of hydrogen-bond donors (Lipinski definition) is 2. The average molecular weight is 443 g/mol. The minimum absolute atomic E-state index is 0.141. The largest absolute Gasteiger partial charge is 0.497 e. The highest BCUT2D eigenvalue weighted by Gasteiger charge is 2.08. The van der Waals surface area contributed by atoms with Crippen molar-refractivity contribution >= 4 is 17.7 Å². The Balaban J connectivity index is 1.44. The molecular formula is C27H26N2O4. The van der Waals surface area contributed by atoms with Crippen LogP contribution in [-0.2, 0) is 22.7 Å². The summed E-state index contributed by atoms with van der Waals surface area (Å²) in [6.45, 7) is 0.434. The third kappa shape index (κ3) is 8.08. The molecule has 0 saturated carbocycles. The van der Waals surface area contributed by atoms with Crippen LogP contribution >= 0.6 is 0 Å². The van der Waals surface area contributed by atoms with Crippen LogP contribution in [0.5, 0.6) is 5.75 Å². The first kappa shape index (κ1) is 23.4. The summed E-state index contributed by atoms with van der Waals surface area (Å²) in [6.07, 6.45) is 0.183. The molecule has 0 aromatic heterocycles. The summed E-state index contributed by atoms with van der Waals surface area (Å²) in [7, 11) is 1.62. The van der Waals surface area contributed by atoms with Crippen molar-refractivity contribution in [1.29, 1.82) is 0 Å². The van der Waals surface area contributed by atoms with E-state index in [0.717, 1.165) is 22.4 Å². The Morgan fingerprint density at radius 2 is 1.64 bits per heavy atom. The summed E-state index contributed by atoms with van der Waals surface area (Å²) in [5, 5.41) is 5.61. The van der Waals surface area contributed by atoms with E-state index in [9.17, 15) is 9.59 Å². The molecule has 2 N–H and O–H groups in total. The van der Waals surface area contributed by atoms with E-state index >= 15 is 0 Å². The molecule has 0 unspecified atom stereocenters. The lowest BCUT2D eigenvalue weighted by molar-refractivity contribution is -0.116. The van der Waals surface area contributed by atoms with Gasteiger partial charge in [-0.05, 0) is 41.5 Å². The zero-order chi connectivity index (χ0) is 23.3. The van der Waals surface area contributed by atoms with Crippen molar-refractivity contribution in [2.45, 2.75) is 26.0 Å². The number of nitrogens with one attached hydrogen (secondary N) is 2. The van der Waals surface area contributed by atoms with Gasteiger partial charge in [0.2, 0.25) is 5.91 Å². The van der Waals surface area contributed by atoms with Crippen LogP contribution in [0.15, 0.2) is 78.9 Å². The monoisotopic (exact) mass is 442 g/mol. The highest BCUT2D eigenvalue weighted by Crippen LogP contribution is 2.15. The number of para-hydroxylation sites is 1. The van der Waals surface area contributed by atoms with E-state index in [1.165, 1.54) is 0 Å². The van der Waals surface area contributed by atoms with E-state index in [0.29, 0.717) is 12.1 Å². The van der Waals surface area contributed by atoms with Gasteiger partial charge in [-0.2, -0.15) is 0 Å². The van der Waals surface area contributed by atoms with Crippen LogP contribution in [0, 0.1) is 11.8 Å². The molecule has 33 heavy (non-hydrogen) atoms. The number of alkyl carbamates (subject to hydrolysis) is 1. The van der Waals surface area contributed by atoms with Crippen LogP contribution in [0.25, 0.3) is 0 Å². The second-order valence-electron chi connectivity index (χ2n) is 7.15. The van der Waals surface area contributed by atoms with Crippen LogP contribution in [0.1, 0.15) is 29.5 Å². The van der Waals surface area contributed by atoms with E-state index in [4.69, 9.17) is 9.47 Å². The van der Waals surface area contributed by atoms with E-state index in [2.05, 4.69) is 22.5 Å². The van der Waals surface area contributed by atoms with Crippen molar-refractivity contribution < 1.29 is 19.1 Å². The fraction of sp³-hybridized carbons (Fsp3) is 0.185. The van der Waals surface area contributed by atoms with E-state index in [1.54, 1.807) is 13.2 Å². The Hall–Kier alpha value is -4.24. The van der Waals surface area contributed by atoms with Crippen LogP contribution in [0.2, 0.25) is 0 Å². The van der Waals surface area contributed by atoms with Gasteiger partial charge in [0, 0.05) is 30.6 Å². The normalized spacial score (nSPS) is 9.85.